The number of aliphatic carboxylic acids is 1. The summed E-state index contributed by atoms with van der Waals surface area (Å²) in [6.45, 7) is 4.26. The Morgan fingerprint density at radius 2 is 1.69 bits per heavy atom. The van der Waals surface area contributed by atoms with E-state index in [-0.39, 0.29) is 43.9 Å². The topological polar surface area (TPSA) is 105 Å². The van der Waals surface area contributed by atoms with Gasteiger partial charge in [-0.05, 0) is 34.6 Å². The fourth-order valence-corrected chi connectivity index (χ4v) is 5.09. The number of alkyl carbamates (subject to hydrolysis) is 1. The van der Waals surface area contributed by atoms with Gasteiger partial charge in [-0.25, -0.2) is 9.59 Å². The molecular formula is C27H32N2O6. The molecule has 1 fully saturated rings. The van der Waals surface area contributed by atoms with Crippen molar-refractivity contribution in [2.24, 2.45) is 5.92 Å². The summed E-state index contributed by atoms with van der Waals surface area (Å²) in [4.78, 5) is 39.2. The lowest BCUT2D eigenvalue weighted by atomic mass is 9.98. The van der Waals surface area contributed by atoms with Crippen molar-refractivity contribution >= 4 is 18.0 Å². The van der Waals surface area contributed by atoms with Gasteiger partial charge >= 0.3 is 12.1 Å². The number of carboxylic acids is 1. The molecule has 2 atom stereocenters. The van der Waals surface area contributed by atoms with E-state index >= 15 is 0 Å². The summed E-state index contributed by atoms with van der Waals surface area (Å²) in [7, 11) is 1.34. The molecule has 186 valence electrons. The highest BCUT2D eigenvalue weighted by atomic mass is 16.5. The summed E-state index contributed by atoms with van der Waals surface area (Å²) in [5.74, 6) is -1.37. The Labute approximate surface area is 205 Å². The minimum Gasteiger partial charge on any atom is -0.479 e. The molecule has 2 amide bonds. The summed E-state index contributed by atoms with van der Waals surface area (Å²) in [5, 5.41) is 12.3. The lowest BCUT2D eigenvalue weighted by Crippen LogP contribution is -2.51. The second-order valence-electron chi connectivity index (χ2n) is 9.67. The first-order chi connectivity index (χ1) is 16.8. The van der Waals surface area contributed by atoms with Crippen LogP contribution in [0.15, 0.2) is 48.5 Å². The van der Waals surface area contributed by atoms with Crippen LogP contribution in [0.25, 0.3) is 11.1 Å². The van der Waals surface area contributed by atoms with Crippen LogP contribution in [0.5, 0.6) is 0 Å². The van der Waals surface area contributed by atoms with E-state index in [9.17, 15) is 19.5 Å². The maximum absolute atomic E-state index is 13.2. The van der Waals surface area contributed by atoms with Gasteiger partial charge in [-0.1, -0.05) is 62.4 Å². The highest BCUT2D eigenvalue weighted by Crippen LogP contribution is 2.44. The van der Waals surface area contributed by atoms with Crippen molar-refractivity contribution in [1.29, 1.82) is 0 Å². The summed E-state index contributed by atoms with van der Waals surface area (Å²) in [6.07, 6.45) is -0.0578. The molecule has 2 aromatic rings. The Hall–Kier alpha value is -3.39. The molecule has 2 aliphatic rings. The predicted octanol–water partition coefficient (Wildman–Crippen LogP) is 3.64. The molecule has 2 aromatic carbocycles. The smallest absolute Gasteiger partial charge is 0.407 e. The summed E-state index contributed by atoms with van der Waals surface area (Å²) >= 11 is 0. The number of amides is 2. The molecule has 0 aromatic heterocycles. The highest BCUT2D eigenvalue weighted by molar-refractivity contribution is 5.88. The van der Waals surface area contributed by atoms with Crippen LogP contribution in [0.2, 0.25) is 0 Å². The zero-order valence-corrected chi connectivity index (χ0v) is 20.3. The Morgan fingerprint density at radius 1 is 1.09 bits per heavy atom. The van der Waals surface area contributed by atoms with Crippen molar-refractivity contribution in [3.05, 3.63) is 59.7 Å². The fraction of sp³-hybridized carbons (Fsp3) is 0.444. The molecule has 0 radical (unpaired) electrons. The van der Waals surface area contributed by atoms with Gasteiger partial charge in [0.1, 0.15) is 12.6 Å². The van der Waals surface area contributed by atoms with E-state index in [1.807, 2.05) is 50.2 Å². The van der Waals surface area contributed by atoms with Crippen molar-refractivity contribution in [2.45, 2.75) is 44.2 Å². The number of hydrogen-bond acceptors (Lipinski definition) is 5. The second-order valence-corrected chi connectivity index (χ2v) is 9.67. The average molecular weight is 481 g/mol. The van der Waals surface area contributed by atoms with Crippen LogP contribution in [0.4, 0.5) is 4.79 Å². The maximum Gasteiger partial charge on any atom is 0.407 e. The molecule has 2 N–H and O–H groups in total. The molecule has 0 saturated carbocycles. The number of ether oxygens (including phenoxy) is 2. The first-order valence-corrected chi connectivity index (χ1v) is 11.9. The normalized spacial score (nSPS) is 19.8. The molecule has 8 heteroatoms. The zero-order chi connectivity index (χ0) is 25.2. The minimum absolute atomic E-state index is 0.0569. The molecule has 0 bridgehead atoms. The van der Waals surface area contributed by atoms with Crippen molar-refractivity contribution in [3.63, 3.8) is 0 Å². The van der Waals surface area contributed by atoms with Crippen LogP contribution in [-0.2, 0) is 19.1 Å². The van der Waals surface area contributed by atoms with Gasteiger partial charge in [0.2, 0.25) is 5.91 Å². The van der Waals surface area contributed by atoms with E-state index in [0.29, 0.717) is 6.42 Å². The fourth-order valence-electron chi connectivity index (χ4n) is 5.09. The monoisotopic (exact) mass is 480 g/mol. The zero-order valence-electron chi connectivity index (χ0n) is 20.3. The second kappa shape index (κ2) is 10.1. The maximum atomic E-state index is 13.2. The van der Waals surface area contributed by atoms with Gasteiger partial charge in [-0.3, -0.25) is 4.79 Å². The molecule has 1 aliphatic heterocycles. The van der Waals surface area contributed by atoms with Crippen molar-refractivity contribution in [2.75, 3.05) is 26.8 Å². The highest BCUT2D eigenvalue weighted by Gasteiger charge is 2.47. The van der Waals surface area contributed by atoms with Gasteiger partial charge in [0.25, 0.3) is 0 Å². The Bertz CT molecular complexity index is 1070. The van der Waals surface area contributed by atoms with E-state index in [1.54, 1.807) is 0 Å². The molecular weight excluding hydrogens is 448 g/mol. The van der Waals surface area contributed by atoms with Crippen LogP contribution in [-0.4, -0.2) is 66.4 Å². The van der Waals surface area contributed by atoms with Gasteiger partial charge in [0.05, 0.1) is 6.54 Å². The number of carboxylic acid groups (broad SMARTS) is 1. The number of fused-ring (bicyclic) bond motifs is 3. The van der Waals surface area contributed by atoms with Crippen LogP contribution >= 0.6 is 0 Å². The number of hydrogen-bond donors (Lipinski definition) is 2. The number of rotatable bonds is 8. The predicted molar refractivity (Wildman–Crippen MR) is 130 cm³/mol. The number of carbonyl (C=O) groups is 3. The summed E-state index contributed by atoms with van der Waals surface area (Å²) in [6, 6.07) is 15.4. The van der Waals surface area contributed by atoms with Crippen molar-refractivity contribution in [3.8, 4) is 11.1 Å². The molecule has 1 saturated heterocycles. The van der Waals surface area contributed by atoms with E-state index < -0.39 is 23.7 Å². The van der Waals surface area contributed by atoms with Gasteiger partial charge in [0.15, 0.2) is 5.60 Å². The summed E-state index contributed by atoms with van der Waals surface area (Å²) < 4.78 is 10.9. The third-order valence-corrected chi connectivity index (χ3v) is 6.96. The Balaban J connectivity index is 1.43. The Kier molecular flexibility index (Phi) is 7.12. The van der Waals surface area contributed by atoms with Crippen molar-refractivity contribution in [1.82, 2.24) is 10.2 Å². The molecule has 1 heterocycles. The third kappa shape index (κ3) is 4.89. The van der Waals surface area contributed by atoms with Crippen LogP contribution in [0, 0.1) is 5.92 Å². The van der Waals surface area contributed by atoms with Gasteiger partial charge in [-0.15, -0.1) is 0 Å². The lowest BCUT2D eigenvalue weighted by Gasteiger charge is -2.27. The lowest BCUT2D eigenvalue weighted by molar-refractivity contribution is -0.161. The van der Waals surface area contributed by atoms with E-state index in [1.165, 1.54) is 12.0 Å². The quantitative estimate of drug-likeness (QED) is 0.598. The molecule has 1 aliphatic carbocycles. The van der Waals surface area contributed by atoms with Gasteiger partial charge < -0.3 is 24.8 Å². The van der Waals surface area contributed by atoms with E-state index in [0.717, 1.165) is 22.3 Å². The molecule has 8 nitrogen and oxygen atoms in total. The summed E-state index contributed by atoms with van der Waals surface area (Å²) in [5.41, 5.74) is 3.08. The number of carbonyl (C=O) groups excluding carboxylic acids is 2. The number of nitrogens with one attached hydrogen (secondary N) is 1. The van der Waals surface area contributed by atoms with Gasteiger partial charge in [0, 0.05) is 26.0 Å². The molecule has 1 unspecified atom stereocenters. The van der Waals surface area contributed by atoms with Gasteiger partial charge in [-0.2, -0.15) is 0 Å². The molecule has 35 heavy (non-hydrogen) atoms. The van der Waals surface area contributed by atoms with E-state index in [2.05, 4.69) is 17.4 Å². The van der Waals surface area contributed by atoms with E-state index in [4.69, 9.17) is 9.47 Å². The Morgan fingerprint density at radius 3 is 2.20 bits per heavy atom. The van der Waals surface area contributed by atoms with Crippen LogP contribution in [0.1, 0.15) is 43.7 Å². The van der Waals surface area contributed by atoms with Crippen LogP contribution < -0.4 is 5.32 Å². The standard InChI is InChI=1S/C27H32N2O6/c1-17(2)14-23(24(30)29-13-12-27(16-29,34-3)25(31)32)28-26(33)35-15-22-20-10-6-4-8-18(20)19-9-5-7-11-21(19)22/h4-11,17,22-23H,12-16H2,1-3H3,(H,28,33)(H,31,32)/t23-,27?/m0/s1. The average Bonchev–Trinajstić information content (AvgIpc) is 3.42. The SMILES string of the molecule is COC1(C(=O)O)CCN(C(=O)[C@H](CC(C)C)NC(=O)OCC2c3ccccc3-c3ccccc32)C1. The first kappa shape index (κ1) is 24.7. The van der Waals surface area contributed by atoms with Crippen LogP contribution in [0.3, 0.4) is 0 Å². The number of benzene rings is 2. The van der Waals surface area contributed by atoms with Crippen molar-refractivity contribution < 1.29 is 29.0 Å². The third-order valence-electron chi connectivity index (χ3n) is 6.96. The first-order valence-electron chi connectivity index (χ1n) is 11.9. The molecule has 4 rings (SSSR count). The molecule has 0 spiro atoms. The number of methoxy groups -OCH3 is 1. The minimum atomic E-state index is -1.41. The largest absolute Gasteiger partial charge is 0.479 e. The number of likely N-dealkylation sites (tertiary alicyclic amines) is 1. The number of nitrogens with zero attached hydrogens (tertiary/aromatic N) is 1.